The van der Waals surface area contributed by atoms with Crippen LogP contribution in [0, 0.1) is 0 Å². The molecule has 1 aromatic rings. The molecule has 0 atom stereocenters. The lowest BCUT2D eigenvalue weighted by Crippen LogP contribution is -2.25. The summed E-state index contributed by atoms with van der Waals surface area (Å²) in [6.07, 6.45) is 7.74. The van der Waals surface area contributed by atoms with Crippen molar-refractivity contribution in [2.45, 2.75) is 31.1 Å². The quantitative estimate of drug-likeness (QED) is 0.780. The largest absolute Gasteiger partial charge is 0.165 e. The number of rotatable bonds is 3. The molecule has 1 aliphatic rings. The summed E-state index contributed by atoms with van der Waals surface area (Å²) in [6, 6.07) is 8.89. The Balaban J connectivity index is 2.31. The van der Waals surface area contributed by atoms with E-state index in [0.717, 1.165) is 0 Å². The Hall–Kier alpha value is 0.0500. The fraction of sp³-hybridized carbons (Fsp3) is 0.538. The molecule has 15 heavy (non-hydrogen) atoms. The average Bonchev–Trinajstić information content (AvgIpc) is 2.68. The minimum absolute atomic E-state index is 0.462. The Kier molecular flexibility index (Phi) is 3.78. The first-order valence-electron chi connectivity index (χ1n) is 5.52. The van der Waals surface area contributed by atoms with Gasteiger partial charge in [0, 0.05) is 15.6 Å². The van der Waals surface area contributed by atoms with Gasteiger partial charge in [-0.05, 0) is 36.8 Å². The molecule has 2 heteroatoms. The average molecular weight is 285 g/mol. The Bertz CT molecular complexity index is 329. The number of halogens is 1. The highest BCUT2D eigenvalue weighted by atomic mass is 79.9. The van der Waals surface area contributed by atoms with Crippen molar-refractivity contribution in [1.29, 1.82) is 0 Å². The number of benzene rings is 1. The number of hydrogen-bond donors (Lipinski definition) is 0. The zero-order valence-electron chi connectivity index (χ0n) is 9.13. The van der Waals surface area contributed by atoms with Gasteiger partial charge in [0.05, 0.1) is 0 Å². The second kappa shape index (κ2) is 4.92. The van der Waals surface area contributed by atoms with Crippen molar-refractivity contribution in [2.75, 3.05) is 12.0 Å². The monoisotopic (exact) mass is 284 g/mol. The minimum atomic E-state index is 0.462. The molecule has 0 unspecified atom stereocenters. The van der Waals surface area contributed by atoms with Crippen molar-refractivity contribution in [1.82, 2.24) is 0 Å². The van der Waals surface area contributed by atoms with E-state index >= 15 is 0 Å². The number of hydrogen-bond acceptors (Lipinski definition) is 1. The molecule has 1 saturated carbocycles. The number of thioether (sulfide) groups is 1. The minimum Gasteiger partial charge on any atom is -0.165 e. The van der Waals surface area contributed by atoms with Crippen LogP contribution >= 0.6 is 27.7 Å². The first-order valence-corrected chi connectivity index (χ1v) is 7.70. The fourth-order valence-electron chi connectivity index (χ4n) is 2.66. The summed E-state index contributed by atoms with van der Waals surface area (Å²) in [5, 5.41) is 0. The lowest BCUT2D eigenvalue weighted by molar-refractivity contribution is 0.502. The second-order valence-electron chi connectivity index (χ2n) is 4.43. The lowest BCUT2D eigenvalue weighted by atomic mass is 9.81. The second-order valence-corrected chi connectivity index (χ2v) is 6.21. The molecule has 1 fully saturated rings. The third-order valence-corrected chi connectivity index (χ3v) is 4.75. The van der Waals surface area contributed by atoms with Gasteiger partial charge in [0.2, 0.25) is 0 Å². The third-order valence-electron chi connectivity index (χ3n) is 3.42. The molecule has 0 amide bonds. The zero-order valence-corrected chi connectivity index (χ0v) is 11.5. The Labute approximate surface area is 105 Å². The van der Waals surface area contributed by atoms with Gasteiger partial charge < -0.3 is 0 Å². The van der Waals surface area contributed by atoms with E-state index in [4.69, 9.17) is 0 Å². The van der Waals surface area contributed by atoms with Gasteiger partial charge in [-0.2, -0.15) is 11.8 Å². The molecule has 0 radical (unpaired) electrons. The summed E-state index contributed by atoms with van der Waals surface area (Å²) in [6.45, 7) is 0. The molecule has 0 spiro atoms. The van der Waals surface area contributed by atoms with Gasteiger partial charge in [-0.25, -0.2) is 0 Å². The third kappa shape index (κ3) is 2.42. The van der Waals surface area contributed by atoms with Crippen LogP contribution in [0.3, 0.4) is 0 Å². The van der Waals surface area contributed by atoms with Crippen LogP contribution in [0.5, 0.6) is 0 Å². The molecule has 2 rings (SSSR count). The maximum absolute atomic E-state index is 3.58. The molecular weight excluding hydrogens is 268 g/mol. The fourth-order valence-corrected chi connectivity index (χ4v) is 4.07. The van der Waals surface area contributed by atoms with Crippen LogP contribution in [0.15, 0.2) is 28.7 Å². The maximum atomic E-state index is 3.58. The van der Waals surface area contributed by atoms with E-state index in [-0.39, 0.29) is 0 Å². The van der Waals surface area contributed by atoms with Crippen LogP contribution in [0.1, 0.15) is 31.2 Å². The van der Waals surface area contributed by atoms with Crippen LogP contribution in [0.4, 0.5) is 0 Å². The van der Waals surface area contributed by atoms with Crippen LogP contribution in [0.25, 0.3) is 0 Å². The van der Waals surface area contributed by atoms with Crippen LogP contribution in [-0.2, 0) is 5.41 Å². The highest BCUT2D eigenvalue weighted by Gasteiger charge is 2.34. The summed E-state index contributed by atoms with van der Waals surface area (Å²) < 4.78 is 1.22. The summed E-state index contributed by atoms with van der Waals surface area (Å²) >= 11 is 5.56. The molecule has 1 aliphatic carbocycles. The molecule has 1 aromatic carbocycles. The van der Waals surface area contributed by atoms with Gasteiger partial charge in [0.25, 0.3) is 0 Å². The van der Waals surface area contributed by atoms with Gasteiger partial charge in [-0.15, -0.1) is 0 Å². The molecule has 0 nitrogen and oxygen atoms in total. The summed E-state index contributed by atoms with van der Waals surface area (Å²) in [7, 11) is 0. The van der Waals surface area contributed by atoms with Crippen molar-refractivity contribution >= 4 is 27.7 Å². The molecule has 0 saturated heterocycles. The predicted octanol–water partition coefficient (Wildman–Crippen LogP) is 4.62. The lowest BCUT2D eigenvalue weighted by Gasteiger charge is -2.29. The first-order chi connectivity index (χ1) is 7.27. The van der Waals surface area contributed by atoms with E-state index in [2.05, 4.69) is 46.5 Å². The molecule has 82 valence electrons. The Morgan fingerprint density at radius 1 is 1.33 bits per heavy atom. The summed E-state index contributed by atoms with van der Waals surface area (Å²) in [5.41, 5.74) is 1.99. The SMILES string of the molecule is CSCC1(c2cccc(Br)c2)CCCC1. The maximum Gasteiger partial charge on any atom is 0.0178 e. The van der Waals surface area contributed by atoms with Gasteiger partial charge >= 0.3 is 0 Å². The molecule has 0 aromatic heterocycles. The van der Waals surface area contributed by atoms with Gasteiger partial charge in [0.15, 0.2) is 0 Å². The zero-order chi connectivity index (χ0) is 10.7. The van der Waals surface area contributed by atoms with E-state index in [9.17, 15) is 0 Å². The van der Waals surface area contributed by atoms with E-state index in [1.807, 2.05) is 11.8 Å². The van der Waals surface area contributed by atoms with E-state index in [1.54, 1.807) is 0 Å². The topological polar surface area (TPSA) is 0 Å². The normalized spacial score (nSPS) is 19.3. The smallest absolute Gasteiger partial charge is 0.0178 e. The Morgan fingerprint density at radius 3 is 2.67 bits per heavy atom. The summed E-state index contributed by atoms with van der Waals surface area (Å²) in [4.78, 5) is 0. The highest BCUT2D eigenvalue weighted by molar-refractivity contribution is 9.10. The highest BCUT2D eigenvalue weighted by Crippen LogP contribution is 2.43. The van der Waals surface area contributed by atoms with Crippen molar-refractivity contribution in [2.24, 2.45) is 0 Å². The van der Waals surface area contributed by atoms with Gasteiger partial charge in [0.1, 0.15) is 0 Å². The van der Waals surface area contributed by atoms with E-state index in [0.29, 0.717) is 5.41 Å². The van der Waals surface area contributed by atoms with Gasteiger partial charge in [-0.1, -0.05) is 40.9 Å². The Morgan fingerprint density at radius 2 is 2.07 bits per heavy atom. The molecular formula is C13H17BrS. The van der Waals surface area contributed by atoms with Crippen molar-refractivity contribution in [3.05, 3.63) is 34.3 Å². The first kappa shape index (κ1) is 11.5. The van der Waals surface area contributed by atoms with Crippen LogP contribution in [0.2, 0.25) is 0 Å². The molecule has 0 N–H and O–H groups in total. The van der Waals surface area contributed by atoms with Gasteiger partial charge in [-0.3, -0.25) is 0 Å². The van der Waals surface area contributed by atoms with Crippen LogP contribution in [-0.4, -0.2) is 12.0 Å². The van der Waals surface area contributed by atoms with Crippen molar-refractivity contribution in [3.8, 4) is 0 Å². The van der Waals surface area contributed by atoms with E-state index < -0.39 is 0 Å². The summed E-state index contributed by atoms with van der Waals surface area (Å²) in [5.74, 6) is 1.27. The molecule has 0 heterocycles. The standard InChI is InChI=1S/C13H17BrS/c1-15-10-13(7-2-3-8-13)11-5-4-6-12(14)9-11/h4-6,9H,2-3,7-8,10H2,1H3. The molecule has 0 aliphatic heterocycles. The van der Waals surface area contributed by atoms with Crippen molar-refractivity contribution < 1.29 is 0 Å². The van der Waals surface area contributed by atoms with E-state index in [1.165, 1.54) is 41.5 Å². The van der Waals surface area contributed by atoms with Crippen molar-refractivity contribution in [3.63, 3.8) is 0 Å². The van der Waals surface area contributed by atoms with Crippen LogP contribution < -0.4 is 0 Å². The molecule has 0 bridgehead atoms. The predicted molar refractivity (Wildman–Crippen MR) is 72.7 cm³/mol.